The topological polar surface area (TPSA) is 57.6 Å². The number of benzene rings is 1. The molecule has 2 heterocycles. The number of carbonyl (C=O) groups excluding carboxylic acids is 1. The van der Waals surface area contributed by atoms with E-state index in [9.17, 15) is 18.0 Å². The molecule has 1 fully saturated rings. The minimum Gasteiger partial charge on any atom is -0.331 e. The first kappa shape index (κ1) is 19.7. The smallest absolute Gasteiger partial charge is 0.331 e. The lowest BCUT2D eigenvalue weighted by molar-refractivity contribution is -0.185. The van der Waals surface area contributed by atoms with E-state index in [-0.39, 0.29) is 22.7 Å². The second kappa shape index (κ2) is 7.33. The van der Waals surface area contributed by atoms with Crippen molar-refractivity contribution in [3.05, 3.63) is 59.2 Å². The number of pyridine rings is 1. The molecule has 29 heavy (non-hydrogen) atoms. The number of hydrogen-bond acceptors (Lipinski definition) is 4. The van der Waals surface area contributed by atoms with Crippen molar-refractivity contribution in [3.8, 4) is 0 Å². The van der Waals surface area contributed by atoms with E-state index < -0.39 is 17.7 Å². The van der Waals surface area contributed by atoms with E-state index in [0.717, 1.165) is 12.8 Å². The predicted molar refractivity (Wildman–Crippen MR) is 104 cm³/mol. The van der Waals surface area contributed by atoms with E-state index in [2.05, 4.69) is 15.3 Å². The molecule has 1 aromatic heterocycles. The SMILES string of the molecule is O=C1N(C2CCCC2)C(c2ccccc2)=NC1(Nc1cc(Cl)ccn1)C(F)(F)F. The van der Waals surface area contributed by atoms with Crippen LogP contribution in [-0.2, 0) is 4.79 Å². The number of alkyl halides is 3. The highest BCUT2D eigenvalue weighted by Crippen LogP contribution is 2.43. The molecule has 0 radical (unpaired) electrons. The number of anilines is 1. The molecule has 1 saturated carbocycles. The van der Waals surface area contributed by atoms with Gasteiger partial charge in [0.25, 0.3) is 5.91 Å². The number of rotatable bonds is 4. The first-order valence-electron chi connectivity index (χ1n) is 9.27. The van der Waals surface area contributed by atoms with Gasteiger partial charge in [-0.25, -0.2) is 9.98 Å². The highest BCUT2D eigenvalue weighted by Gasteiger charge is 2.67. The Morgan fingerprint density at radius 2 is 1.83 bits per heavy atom. The van der Waals surface area contributed by atoms with Gasteiger partial charge in [0.1, 0.15) is 11.7 Å². The average Bonchev–Trinajstić information content (AvgIpc) is 3.29. The minimum absolute atomic E-state index is 0.0225. The summed E-state index contributed by atoms with van der Waals surface area (Å²) in [7, 11) is 0. The molecule has 152 valence electrons. The second-order valence-electron chi connectivity index (χ2n) is 7.11. The summed E-state index contributed by atoms with van der Waals surface area (Å²) in [5, 5.41) is 2.44. The second-order valence-corrected chi connectivity index (χ2v) is 7.54. The Hall–Kier alpha value is -2.61. The Bertz CT molecular complexity index is 944. The Kier molecular flexibility index (Phi) is 4.98. The van der Waals surface area contributed by atoms with Crippen molar-refractivity contribution in [2.24, 2.45) is 4.99 Å². The molecule has 9 heteroatoms. The van der Waals surface area contributed by atoms with Gasteiger partial charge in [-0.15, -0.1) is 0 Å². The van der Waals surface area contributed by atoms with Crippen LogP contribution < -0.4 is 5.32 Å². The highest BCUT2D eigenvalue weighted by atomic mass is 35.5. The number of amidine groups is 1. The number of halogens is 4. The van der Waals surface area contributed by atoms with E-state index in [1.807, 2.05) is 0 Å². The van der Waals surface area contributed by atoms with Crippen molar-refractivity contribution in [2.45, 2.75) is 43.6 Å². The van der Waals surface area contributed by atoms with Crippen molar-refractivity contribution in [3.63, 3.8) is 0 Å². The molecule has 1 aliphatic carbocycles. The van der Waals surface area contributed by atoms with Crippen LogP contribution in [0.2, 0.25) is 5.02 Å². The summed E-state index contributed by atoms with van der Waals surface area (Å²) in [6, 6.07) is 10.8. The molecule has 4 rings (SSSR count). The molecule has 1 atom stereocenters. The normalized spacial score (nSPS) is 22.8. The summed E-state index contributed by atoms with van der Waals surface area (Å²) in [5.74, 6) is -1.29. The van der Waals surface area contributed by atoms with Crippen LogP contribution in [0, 0.1) is 0 Å². The lowest BCUT2D eigenvalue weighted by Gasteiger charge is -2.31. The molecule has 0 spiro atoms. The van der Waals surface area contributed by atoms with Crippen LogP contribution in [0.3, 0.4) is 0 Å². The molecule has 1 aromatic carbocycles. The standard InChI is InChI=1S/C20H18ClF3N4O/c21-14-10-11-25-16(12-14)26-19(20(22,23)24)18(29)28(15-8-4-5-9-15)17(27-19)13-6-2-1-3-7-13/h1-3,6-7,10-12,15H,4-5,8-9H2,(H,25,26). The fourth-order valence-electron chi connectivity index (χ4n) is 3.82. The van der Waals surface area contributed by atoms with Gasteiger partial charge in [0.2, 0.25) is 0 Å². The molecular weight excluding hydrogens is 405 g/mol. The van der Waals surface area contributed by atoms with Gasteiger partial charge in [-0.1, -0.05) is 54.8 Å². The maximum Gasteiger partial charge on any atom is 0.442 e. The Labute approximate surface area is 170 Å². The summed E-state index contributed by atoms with van der Waals surface area (Å²) in [4.78, 5) is 22.4. The summed E-state index contributed by atoms with van der Waals surface area (Å²) in [6.07, 6.45) is -0.717. The van der Waals surface area contributed by atoms with Crippen LogP contribution in [0.1, 0.15) is 31.2 Å². The quantitative estimate of drug-likeness (QED) is 0.781. The van der Waals surface area contributed by atoms with Crippen molar-refractivity contribution in [1.82, 2.24) is 9.88 Å². The Morgan fingerprint density at radius 3 is 2.45 bits per heavy atom. The molecular formula is C20H18ClF3N4O. The van der Waals surface area contributed by atoms with E-state index in [4.69, 9.17) is 11.6 Å². The third-order valence-electron chi connectivity index (χ3n) is 5.19. The molecule has 2 aliphatic rings. The molecule has 1 aliphatic heterocycles. The summed E-state index contributed by atoms with van der Waals surface area (Å²) < 4.78 is 43.0. The predicted octanol–water partition coefficient (Wildman–Crippen LogP) is 4.64. The Balaban J connectivity index is 1.85. The van der Waals surface area contributed by atoms with Crippen LogP contribution in [0.15, 0.2) is 53.7 Å². The molecule has 2 aromatic rings. The van der Waals surface area contributed by atoms with E-state index in [1.54, 1.807) is 30.3 Å². The minimum atomic E-state index is -4.98. The van der Waals surface area contributed by atoms with Gasteiger partial charge in [0.05, 0.1) is 0 Å². The zero-order valence-corrected chi connectivity index (χ0v) is 16.0. The van der Waals surface area contributed by atoms with Gasteiger partial charge >= 0.3 is 11.8 Å². The number of amides is 1. The van der Waals surface area contributed by atoms with Crippen LogP contribution in [0.5, 0.6) is 0 Å². The summed E-state index contributed by atoms with van der Waals surface area (Å²) in [5.41, 5.74) is -2.70. The molecule has 1 unspecified atom stereocenters. The fourth-order valence-corrected chi connectivity index (χ4v) is 3.98. The fraction of sp³-hybridized carbons (Fsp3) is 0.350. The first-order valence-corrected chi connectivity index (χ1v) is 9.65. The van der Waals surface area contributed by atoms with E-state index >= 15 is 0 Å². The van der Waals surface area contributed by atoms with E-state index in [1.165, 1.54) is 23.2 Å². The summed E-state index contributed by atoms with van der Waals surface area (Å²) >= 11 is 5.89. The number of hydrogen-bond donors (Lipinski definition) is 1. The van der Waals surface area contributed by atoms with Crippen LogP contribution in [0.25, 0.3) is 0 Å². The maximum atomic E-state index is 14.3. The maximum absolute atomic E-state index is 14.3. The molecule has 0 saturated heterocycles. The van der Waals surface area contributed by atoms with Crippen molar-refractivity contribution in [1.29, 1.82) is 0 Å². The van der Waals surface area contributed by atoms with Crippen LogP contribution in [-0.4, -0.2) is 39.5 Å². The third-order valence-corrected chi connectivity index (χ3v) is 5.43. The number of carbonyl (C=O) groups is 1. The van der Waals surface area contributed by atoms with Crippen LogP contribution >= 0.6 is 11.6 Å². The van der Waals surface area contributed by atoms with Gasteiger partial charge in [-0.3, -0.25) is 9.69 Å². The lowest BCUT2D eigenvalue weighted by Crippen LogP contribution is -2.59. The zero-order chi connectivity index (χ0) is 20.6. The largest absolute Gasteiger partial charge is 0.442 e. The molecule has 5 nitrogen and oxygen atoms in total. The molecule has 0 bridgehead atoms. The van der Waals surface area contributed by atoms with Crippen molar-refractivity contribution < 1.29 is 18.0 Å². The van der Waals surface area contributed by atoms with E-state index in [0.29, 0.717) is 18.4 Å². The highest BCUT2D eigenvalue weighted by molar-refractivity contribution is 6.30. The van der Waals surface area contributed by atoms with Gasteiger partial charge in [0, 0.05) is 22.8 Å². The Morgan fingerprint density at radius 1 is 1.14 bits per heavy atom. The number of nitrogens with one attached hydrogen (secondary N) is 1. The number of aliphatic imine (C=N–C) groups is 1. The lowest BCUT2D eigenvalue weighted by atomic mass is 10.1. The van der Waals surface area contributed by atoms with Crippen molar-refractivity contribution >= 4 is 29.2 Å². The molecule has 1 N–H and O–H groups in total. The van der Waals surface area contributed by atoms with Crippen LogP contribution in [0.4, 0.5) is 19.0 Å². The van der Waals surface area contributed by atoms with Gasteiger partial charge < -0.3 is 5.32 Å². The average molecular weight is 423 g/mol. The number of aromatic nitrogens is 1. The van der Waals surface area contributed by atoms with Crippen molar-refractivity contribution in [2.75, 3.05) is 5.32 Å². The van der Waals surface area contributed by atoms with Gasteiger partial charge in [-0.05, 0) is 25.0 Å². The zero-order valence-electron chi connectivity index (χ0n) is 15.3. The summed E-state index contributed by atoms with van der Waals surface area (Å²) in [6.45, 7) is 0. The van der Waals surface area contributed by atoms with Gasteiger partial charge in [-0.2, -0.15) is 13.2 Å². The third kappa shape index (κ3) is 3.46. The first-order chi connectivity index (χ1) is 13.8. The number of nitrogens with zero attached hydrogens (tertiary/aromatic N) is 3. The monoisotopic (exact) mass is 422 g/mol. The molecule has 1 amide bonds. The van der Waals surface area contributed by atoms with Gasteiger partial charge in [0.15, 0.2) is 0 Å².